The molecule has 2 N–H and O–H groups in total. The van der Waals surface area contributed by atoms with E-state index in [2.05, 4.69) is 5.32 Å². The molecular formula is C17H13ClF3NO3. The summed E-state index contributed by atoms with van der Waals surface area (Å²) in [6.07, 6.45) is -4.86. The molecule has 132 valence electrons. The van der Waals surface area contributed by atoms with Crippen molar-refractivity contribution in [3.05, 3.63) is 64.2 Å². The monoisotopic (exact) mass is 371 g/mol. The Kier molecular flexibility index (Phi) is 5.69. The lowest BCUT2D eigenvalue weighted by molar-refractivity contribution is -0.138. The van der Waals surface area contributed by atoms with E-state index >= 15 is 0 Å². The zero-order valence-corrected chi connectivity index (χ0v) is 13.5. The highest BCUT2D eigenvalue weighted by molar-refractivity contribution is 6.31. The van der Waals surface area contributed by atoms with E-state index in [-0.39, 0.29) is 34.7 Å². The van der Waals surface area contributed by atoms with Crippen molar-refractivity contribution in [3.8, 4) is 0 Å². The second kappa shape index (κ2) is 7.57. The fraction of sp³-hybridized carbons (Fsp3) is 0.176. The molecule has 0 saturated carbocycles. The van der Waals surface area contributed by atoms with Crippen LogP contribution in [0.4, 0.5) is 18.9 Å². The van der Waals surface area contributed by atoms with Crippen molar-refractivity contribution in [1.29, 1.82) is 0 Å². The summed E-state index contributed by atoms with van der Waals surface area (Å²) in [4.78, 5) is 23.1. The quantitative estimate of drug-likeness (QED) is 0.805. The summed E-state index contributed by atoms with van der Waals surface area (Å²) in [5.74, 6) is -1.87. The first-order valence-electron chi connectivity index (χ1n) is 7.16. The Hall–Kier alpha value is -2.54. The first kappa shape index (κ1) is 18.8. The molecule has 25 heavy (non-hydrogen) atoms. The Morgan fingerprint density at radius 1 is 1.12 bits per heavy atom. The highest BCUT2D eigenvalue weighted by Gasteiger charge is 2.32. The lowest BCUT2D eigenvalue weighted by atomic mass is 10.0. The molecule has 1 amide bonds. The summed E-state index contributed by atoms with van der Waals surface area (Å²) in [5.41, 5.74) is -0.956. The smallest absolute Gasteiger partial charge is 0.416 e. The predicted molar refractivity (Wildman–Crippen MR) is 86.8 cm³/mol. The van der Waals surface area contributed by atoms with Crippen LogP contribution in [0.25, 0.3) is 0 Å². The maximum atomic E-state index is 12.9. The normalized spacial score (nSPS) is 11.2. The molecule has 0 radical (unpaired) electrons. The van der Waals surface area contributed by atoms with Gasteiger partial charge >= 0.3 is 12.1 Å². The van der Waals surface area contributed by atoms with Crippen molar-refractivity contribution >= 4 is 29.2 Å². The van der Waals surface area contributed by atoms with Crippen molar-refractivity contribution in [3.63, 3.8) is 0 Å². The third-order valence-electron chi connectivity index (χ3n) is 3.43. The molecule has 0 saturated heterocycles. The number of carboxylic acid groups (broad SMARTS) is 1. The van der Waals surface area contributed by atoms with Crippen LogP contribution in [0.3, 0.4) is 0 Å². The molecule has 4 nitrogen and oxygen atoms in total. The molecular weight excluding hydrogens is 359 g/mol. The van der Waals surface area contributed by atoms with Gasteiger partial charge in [-0.05, 0) is 36.2 Å². The molecule has 8 heteroatoms. The summed E-state index contributed by atoms with van der Waals surface area (Å²) in [6.45, 7) is 0. The van der Waals surface area contributed by atoms with E-state index in [1.165, 1.54) is 36.4 Å². The third kappa shape index (κ3) is 4.96. The number of aromatic carboxylic acids is 1. The number of nitrogens with one attached hydrogen (secondary N) is 1. The van der Waals surface area contributed by atoms with Gasteiger partial charge in [0.25, 0.3) is 0 Å². The van der Waals surface area contributed by atoms with Crippen molar-refractivity contribution in [1.82, 2.24) is 0 Å². The number of carbonyl (C=O) groups excluding carboxylic acids is 1. The SMILES string of the molecule is O=C(CCc1ccccc1C(F)(F)F)Nc1ccc(Cl)cc1C(=O)O. The molecule has 0 fully saturated rings. The number of rotatable bonds is 5. The van der Waals surface area contributed by atoms with E-state index in [9.17, 15) is 22.8 Å². The standard InChI is InChI=1S/C17H13ClF3NO3/c18-11-6-7-14(12(9-11)16(24)25)22-15(23)8-5-10-3-1-2-4-13(10)17(19,20)21/h1-4,6-7,9H,5,8H2,(H,22,23)(H,24,25). The first-order valence-corrected chi connectivity index (χ1v) is 7.54. The van der Waals surface area contributed by atoms with Crippen molar-refractivity contribution in [2.75, 3.05) is 5.32 Å². The average molecular weight is 372 g/mol. The second-order valence-electron chi connectivity index (χ2n) is 5.20. The number of halogens is 4. The van der Waals surface area contributed by atoms with Crippen LogP contribution < -0.4 is 5.32 Å². The molecule has 2 aromatic rings. The molecule has 0 aromatic heterocycles. The minimum atomic E-state index is -4.50. The summed E-state index contributed by atoms with van der Waals surface area (Å²) in [5, 5.41) is 11.7. The predicted octanol–water partition coefficient (Wildman–Crippen LogP) is 4.63. The first-order chi connectivity index (χ1) is 11.7. The van der Waals surface area contributed by atoms with E-state index in [0.717, 1.165) is 6.07 Å². The van der Waals surface area contributed by atoms with Gasteiger partial charge in [-0.1, -0.05) is 29.8 Å². The van der Waals surface area contributed by atoms with Gasteiger partial charge in [-0.2, -0.15) is 13.2 Å². The Labute approximate surface area is 146 Å². The van der Waals surface area contributed by atoms with Gasteiger partial charge in [-0.25, -0.2) is 4.79 Å². The minimum Gasteiger partial charge on any atom is -0.478 e. The third-order valence-corrected chi connectivity index (χ3v) is 3.67. The zero-order chi connectivity index (χ0) is 18.6. The Bertz CT molecular complexity index is 806. The van der Waals surface area contributed by atoms with Gasteiger partial charge < -0.3 is 10.4 Å². The van der Waals surface area contributed by atoms with Gasteiger partial charge in [0.1, 0.15) is 0 Å². The molecule has 0 atom stereocenters. The van der Waals surface area contributed by atoms with Crippen LogP contribution in [-0.4, -0.2) is 17.0 Å². The highest BCUT2D eigenvalue weighted by Crippen LogP contribution is 2.32. The van der Waals surface area contributed by atoms with E-state index in [1.807, 2.05) is 0 Å². The molecule has 0 aliphatic carbocycles. The Morgan fingerprint density at radius 3 is 2.44 bits per heavy atom. The molecule has 0 aliphatic rings. The van der Waals surface area contributed by atoms with Gasteiger partial charge in [-0.15, -0.1) is 0 Å². The number of aryl methyl sites for hydroxylation is 1. The fourth-order valence-corrected chi connectivity index (χ4v) is 2.45. The number of alkyl halides is 3. The van der Waals surface area contributed by atoms with E-state index < -0.39 is 23.6 Å². The van der Waals surface area contributed by atoms with Gasteiger partial charge in [0, 0.05) is 11.4 Å². The number of hydrogen-bond donors (Lipinski definition) is 2. The maximum Gasteiger partial charge on any atom is 0.416 e. The molecule has 0 aliphatic heterocycles. The van der Waals surface area contributed by atoms with Crippen molar-refractivity contribution in [2.45, 2.75) is 19.0 Å². The molecule has 0 heterocycles. The summed E-state index contributed by atoms with van der Waals surface area (Å²) in [7, 11) is 0. The Morgan fingerprint density at radius 2 is 1.80 bits per heavy atom. The van der Waals surface area contributed by atoms with Gasteiger partial charge in [-0.3, -0.25) is 4.79 Å². The largest absolute Gasteiger partial charge is 0.478 e. The van der Waals surface area contributed by atoms with Crippen molar-refractivity contribution < 1.29 is 27.9 Å². The zero-order valence-electron chi connectivity index (χ0n) is 12.7. The maximum absolute atomic E-state index is 12.9. The van der Waals surface area contributed by atoms with Crippen LogP contribution in [0.1, 0.15) is 27.9 Å². The lowest BCUT2D eigenvalue weighted by Crippen LogP contribution is -2.16. The molecule has 0 spiro atoms. The Balaban J connectivity index is 2.09. The number of anilines is 1. The number of hydrogen-bond acceptors (Lipinski definition) is 2. The minimum absolute atomic E-state index is 0.000265. The summed E-state index contributed by atoms with van der Waals surface area (Å²) >= 11 is 5.72. The van der Waals surface area contributed by atoms with Crippen LogP contribution in [0, 0.1) is 0 Å². The second-order valence-corrected chi connectivity index (χ2v) is 5.63. The highest BCUT2D eigenvalue weighted by atomic mass is 35.5. The molecule has 2 rings (SSSR count). The van der Waals surface area contributed by atoms with Crippen LogP contribution in [0.15, 0.2) is 42.5 Å². The topological polar surface area (TPSA) is 66.4 Å². The summed E-state index contributed by atoms with van der Waals surface area (Å²) < 4.78 is 38.8. The van der Waals surface area contributed by atoms with Gasteiger partial charge in [0.2, 0.25) is 5.91 Å². The lowest BCUT2D eigenvalue weighted by Gasteiger charge is -2.13. The van der Waals surface area contributed by atoms with Crippen molar-refractivity contribution in [2.24, 2.45) is 0 Å². The average Bonchev–Trinajstić information content (AvgIpc) is 2.54. The van der Waals surface area contributed by atoms with Crippen LogP contribution in [-0.2, 0) is 17.4 Å². The van der Waals surface area contributed by atoms with Crippen LogP contribution in [0.5, 0.6) is 0 Å². The van der Waals surface area contributed by atoms with Crippen LogP contribution >= 0.6 is 11.6 Å². The molecule has 0 bridgehead atoms. The van der Waals surface area contributed by atoms with Gasteiger partial charge in [0.05, 0.1) is 16.8 Å². The van der Waals surface area contributed by atoms with Crippen LogP contribution in [0.2, 0.25) is 5.02 Å². The number of carbonyl (C=O) groups is 2. The number of amides is 1. The van der Waals surface area contributed by atoms with E-state index in [1.54, 1.807) is 0 Å². The van der Waals surface area contributed by atoms with E-state index in [0.29, 0.717) is 0 Å². The summed E-state index contributed by atoms with van der Waals surface area (Å²) in [6, 6.07) is 8.91. The van der Waals surface area contributed by atoms with E-state index in [4.69, 9.17) is 16.7 Å². The number of benzene rings is 2. The molecule has 0 unspecified atom stereocenters. The van der Waals surface area contributed by atoms with Gasteiger partial charge in [0.15, 0.2) is 0 Å². The fourth-order valence-electron chi connectivity index (χ4n) is 2.28. The molecule has 2 aromatic carbocycles. The number of carboxylic acids is 1.